The molecule has 2 rings (SSSR count). The van der Waals surface area contributed by atoms with Crippen molar-refractivity contribution in [1.29, 1.82) is 0 Å². The van der Waals surface area contributed by atoms with Crippen molar-refractivity contribution in [3.05, 3.63) is 24.3 Å². The van der Waals surface area contributed by atoms with E-state index in [0.717, 1.165) is 24.2 Å². The number of nitrogens with zero attached hydrogens (tertiary/aromatic N) is 3. The summed E-state index contributed by atoms with van der Waals surface area (Å²) >= 11 is 0. The molecule has 0 saturated carbocycles. The van der Waals surface area contributed by atoms with Crippen LogP contribution in [0.1, 0.15) is 12.8 Å². The Hall–Kier alpha value is -2.24. The smallest absolute Gasteiger partial charge is 0.409 e. The van der Waals surface area contributed by atoms with Crippen LogP contribution in [0.5, 0.6) is 0 Å². The third-order valence-corrected chi connectivity index (χ3v) is 4.29. The van der Waals surface area contributed by atoms with Crippen molar-refractivity contribution in [3.8, 4) is 0 Å². The van der Waals surface area contributed by atoms with Crippen LogP contribution in [0.2, 0.25) is 0 Å². The van der Waals surface area contributed by atoms with Crippen LogP contribution in [0.25, 0.3) is 0 Å². The summed E-state index contributed by atoms with van der Waals surface area (Å²) in [6.07, 6.45) is 1.26. The second kappa shape index (κ2) is 7.35. The Balaban J connectivity index is 2.05. The molecule has 1 aromatic carbocycles. The van der Waals surface area contributed by atoms with Gasteiger partial charge in [-0.3, -0.25) is 4.79 Å². The molecule has 0 bridgehead atoms. The van der Waals surface area contributed by atoms with Crippen molar-refractivity contribution >= 4 is 23.4 Å². The first-order valence-corrected chi connectivity index (χ1v) is 7.82. The molecule has 1 heterocycles. The minimum atomic E-state index is -0.361. The largest absolute Gasteiger partial charge is 0.453 e. The lowest BCUT2D eigenvalue weighted by Gasteiger charge is -2.33. The minimum absolute atomic E-state index is 0.0382. The van der Waals surface area contributed by atoms with E-state index in [0.29, 0.717) is 13.1 Å². The summed E-state index contributed by atoms with van der Waals surface area (Å²) in [5, 5.41) is 0. The third-order valence-electron chi connectivity index (χ3n) is 4.29. The summed E-state index contributed by atoms with van der Waals surface area (Å²) in [5.41, 5.74) is 1.94. The Kier molecular flexibility index (Phi) is 5.47. The van der Waals surface area contributed by atoms with Gasteiger partial charge < -0.3 is 19.4 Å². The predicted octanol–water partition coefficient (Wildman–Crippen LogP) is 2.19. The number of piperidine rings is 1. The highest BCUT2D eigenvalue weighted by atomic mass is 16.5. The zero-order valence-corrected chi connectivity index (χ0v) is 14.3. The van der Waals surface area contributed by atoms with E-state index in [1.165, 1.54) is 7.11 Å². The van der Waals surface area contributed by atoms with E-state index in [-0.39, 0.29) is 17.9 Å². The number of amides is 2. The van der Waals surface area contributed by atoms with E-state index in [9.17, 15) is 9.59 Å². The molecule has 0 aliphatic carbocycles. The Morgan fingerprint density at radius 2 is 1.74 bits per heavy atom. The maximum Gasteiger partial charge on any atom is 0.409 e. The van der Waals surface area contributed by atoms with Crippen molar-refractivity contribution in [2.75, 3.05) is 51.1 Å². The van der Waals surface area contributed by atoms with Gasteiger partial charge in [0.2, 0.25) is 5.91 Å². The highest BCUT2D eigenvalue weighted by molar-refractivity contribution is 5.95. The van der Waals surface area contributed by atoms with Gasteiger partial charge in [0.25, 0.3) is 0 Å². The van der Waals surface area contributed by atoms with Gasteiger partial charge in [0, 0.05) is 45.6 Å². The van der Waals surface area contributed by atoms with Gasteiger partial charge in [-0.15, -0.1) is 0 Å². The van der Waals surface area contributed by atoms with Crippen LogP contribution in [0.3, 0.4) is 0 Å². The molecule has 23 heavy (non-hydrogen) atoms. The molecule has 6 nitrogen and oxygen atoms in total. The molecule has 2 amide bonds. The molecule has 1 fully saturated rings. The zero-order chi connectivity index (χ0) is 17.0. The normalized spacial score (nSPS) is 17.6. The monoisotopic (exact) mass is 319 g/mol. The molecule has 1 unspecified atom stereocenters. The SMILES string of the molecule is COC(=O)N1CCCC(C(=O)N(C)c2ccc(N(C)C)cc2)C1. The molecule has 0 radical (unpaired) electrons. The highest BCUT2D eigenvalue weighted by Gasteiger charge is 2.30. The topological polar surface area (TPSA) is 53.1 Å². The van der Waals surface area contributed by atoms with Crippen LogP contribution in [0.15, 0.2) is 24.3 Å². The molecule has 1 aliphatic rings. The molecule has 1 atom stereocenters. The average Bonchev–Trinajstić information content (AvgIpc) is 2.59. The Morgan fingerprint density at radius 1 is 1.13 bits per heavy atom. The molecule has 6 heteroatoms. The molecule has 1 aromatic rings. The highest BCUT2D eigenvalue weighted by Crippen LogP contribution is 2.24. The number of likely N-dealkylation sites (tertiary alicyclic amines) is 1. The van der Waals surface area contributed by atoms with Crippen molar-refractivity contribution in [2.45, 2.75) is 12.8 Å². The van der Waals surface area contributed by atoms with Crippen LogP contribution in [0, 0.1) is 5.92 Å². The maximum atomic E-state index is 12.7. The lowest BCUT2D eigenvalue weighted by molar-refractivity contribution is -0.123. The van der Waals surface area contributed by atoms with Crippen LogP contribution in [-0.2, 0) is 9.53 Å². The fourth-order valence-corrected chi connectivity index (χ4v) is 2.85. The van der Waals surface area contributed by atoms with Gasteiger partial charge in [-0.2, -0.15) is 0 Å². The second-order valence-electron chi connectivity index (χ2n) is 6.06. The lowest BCUT2D eigenvalue weighted by atomic mass is 9.96. The fourth-order valence-electron chi connectivity index (χ4n) is 2.85. The fraction of sp³-hybridized carbons (Fsp3) is 0.529. The van der Waals surface area contributed by atoms with Crippen LogP contribution < -0.4 is 9.80 Å². The van der Waals surface area contributed by atoms with Crippen molar-refractivity contribution in [2.24, 2.45) is 5.92 Å². The van der Waals surface area contributed by atoms with Gasteiger partial charge in [-0.1, -0.05) is 0 Å². The van der Waals surface area contributed by atoms with Crippen LogP contribution >= 0.6 is 0 Å². The molecular weight excluding hydrogens is 294 g/mol. The summed E-state index contributed by atoms with van der Waals surface area (Å²) in [6, 6.07) is 7.85. The maximum absolute atomic E-state index is 12.7. The number of rotatable bonds is 3. The summed E-state index contributed by atoms with van der Waals surface area (Å²) in [5.74, 6) is -0.141. The summed E-state index contributed by atoms with van der Waals surface area (Å²) in [7, 11) is 7.11. The van der Waals surface area contributed by atoms with E-state index in [1.807, 2.05) is 43.3 Å². The van der Waals surface area contributed by atoms with E-state index >= 15 is 0 Å². The van der Waals surface area contributed by atoms with Crippen molar-refractivity contribution in [3.63, 3.8) is 0 Å². The minimum Gasteiger partial charge on any atom is -0.453 e. The predicted molar refractivity (Wildman–Crippen MR) is 90.9 cm³/mol. The van der Waals surface area contributed by atoms with E-state index in [4.69, 9.17) is 4.74 Å². The molecule has 0 aromatic heterocycles. The first-order valence-electron chi connectivity index (χ1n) is 7.82. The molecular formula is C17H25N3O3. The quantitative estimate of drug-likeness (QED) is 0.857. The van der Waals surface area contributed by atoms with Gasteiger partial charge in [0.1, 0.15) is 0 Å². The van der Waals surface area contributed by atoms with Gasteiger partial charge >= 0.3 is 6.09 Å². The number of ether oxygens (including phenoxy) is 1. The summed E-state index contributed by atoms with van der Waals surface area (Å²) in [4.78, 5) is 29.7. The molecule has 0 spiro atoms. The van der Waals surface area contributed by atoms with Crippen LogP contribution in [0.4, 0.5) is 16.2 Å². The summed E-state index contributed by atoms with van der Waals surface area (Å²) < 4.78 is 4.76. The van der Waals surface area contributed by atoms with Crippen LogP contribution in [-0.4, -0.2) is 58.2 Å². The third kappa shape index (κ3) is 3.94. The Morgan fingerprint density at radius 3 is 2.30 bits per heavy atom. The molecule has 0 N–H and O–H groups in total. The van der Waals surface area contributed by atoms with Gasteiger partial charge in [-0.05, 0) is 37.1 Å². The van der Waals surface area contributed by atoms with Gasteiger partial charge in [-0.25, -0.2) is 4.79 Å². The second-order valence-corrected chi connectivity index (χ2v) is 6.06. The average molecular weight is 319 g/mol. The molecule has 126 valence electrons. The number of benzene rings is 1. The van der Waals surface area contributed by atoms with E-state index in [1.54, 1.807) is 16.8 Å². The van der Waals surface area contributed by atoms with E-state index in [2.05, 4.69) is 0 Å². The van der Waals surface area contributed by atoms with Gasteiger partial charge in [0.05, 0.1) is 13.0 Å². The number of anilines is 2. The molecule has 1 saturated heterocycles. The number of hydrogen-bond acceptors (Lipinski definition) is 4. The number of carbonyl (C=O) groups excluding carboxylic acids is 2. The van der Waals surface area contributed by atoms with E-state index < -0.39 is 0 Å². The standard InChI is InChI=1S/C17H25N3O3/c1-18(2)14-7-9-15(10-8-14)19(3)16(21)13-6-5-11-20(12-13)17(22)23-4/h7-10,13H,5-6,11-12H2,1-4H3. The first kappa shape index (κ1) is 17.1. The lowest BCUT2D eigenvalue weighted by Crippen LogP contribution is -2.46. The first-order chi connectivity index (χ1) is 10.9. The Labute approximate surface area is 137 Å². The van der Waals surface area contributed by atoms with Crippen molar-refractivity contribution < 1.29 is 14.3 Å². The van der Waals surface area contributed by atoms with Crippen molar-refractivity contribution in [1.82, 2.24) is 4.90 Å². The zero-order valence-electron chi connectivity index (χ0n) is 14.3. The number of methoxy groups -OCH3 is 1. The number of hydrogen-bond donors (Lipinski definition) is 0. The van der Waals surface area contributed by atoms with Gasteiger partial charge in [0.15, 0.2) is 0 Å². The summed E-state index contributed by atoms with van der Waals surface area (Å²) in [6.45, 7) is 1.07. The molecule has 1 aliphatic heterocycles. The number of carbonyl (C=O) groups is 2. The Bertz CT molecular complexity index is 557.